The Bertz CT molecular complexity index is 593. The minimum atomic E-state index is -0.212. The van der Waals surface area contributed by atoms with Crippen molar-refractivity contribution in [3.63, 3.8) is 0 Å². The van der Waals surface area contributed by atoms with Crippen molar-refractivity contribution in [2.24, 2.45) is 0 Å². The van der Waals surface area contributed by atoms with Crippen molar-refractivity contribution < 1.29 is 19.4 Å². The molecule has 5 heteroatoms. The number of hydrogen-bond acceptors (Lipinski definition) is 4. The fourth-order valence-electron chi connectivity index (χ4n) is 1.86. The molecule has 22 heavy (non-hydrogen) atoms. The molecule has 0 aromatic heterocycles. The normalized spacial score (nSPS) is 10.1. The van der Waals surface area contributed by atoms with E-state index in [1.165, 1.54) is 0 Å². The monoisotopic (exact) mass is 301 g/mol. The number of amides is 1. The van der Waals surface area contributed by atoms with E-state index in [0.29, 0.717) is 17.9 Å². The minimum absolute atomic E-state index is 0.0746. The first-order valence-electron chi connectivity index (χ1n) is 6.98. The quantitative estimate of drug-likeness (QED) is 0.821. The first kappa shape index (κ1) is 15.9. The number of methoxy groups -OCH3 is 1. The van der Waals surface area contributed by atoms with Gasteiger partial charge < -0.3 is 19.9 Å². The van der Waals surface area contributed by atoms with Gasteiger partial charge in [0.2, 0.25) is 0 Å². The summed E-state index contributed by atoms with van der Waals surface area (Å²) >= 11 is 0. The van der Waals surface area contributed by atoms with Crippen LogP contribution in [0.15, 0.2) is 48.5 Å². The summed E-state index contributed by atoms with van der Waals surface area (Å²) in [6.07, 6.45) is 0. The Morgan fingerprint density at radius 1 is 1.05 bits per heavy atom. The smallest absolute Gasteiger partial charge is 0.251 e. The van der Waals surface area contributed by atoms with Crippen LogP contribution < -0.4 is 14.8 Å². The number of carbonyl (C=O) groups excluding carboxylic acids is 1. The Morgan fingerprint density at radius 3 is 2.27 bits per heavy atom. The number of benzene rings is 2. The average molecular weight is 301 g/mol. The Hall–Kier alpha value is -2.53. The maximum atomic E-state index is 11.7. The molecule has 2 rings (SSSR count). The predicted octanol–water partition coefficient (Wildman–Crippen LogP) is 2.00. The lowest BCUT2D eigenvalue weighted by Gasteiger charge is -2.08. The van der Waals surface area contributed by atoms with Gasteiger partial charge in [-0.1, -0.05) is 12.1 Å². The van der Waals surface area contributed by atoms with Gasteiger partial charge in [0.1, 0.15) is 18.1 Å². The van der Waals surface area contributed by atoms with Crippen LogP contribution in [0.25, 0.3) is 0 Å². The topological polar surface area (TPSA) is 67.8 Å². The molecule has 0 aliphatic carbocycles. The third-order valence-corrected chi connectivity index (χ3v) is 3.08. The lowest BCUT2D eigenvalue weighted by Crippen LogP contribution is -2.26. The molecule has 0 bridgehead atoms. The minimum Gasteiger partial charge on any atom is -0.497 e. The van der Waals surface area contributed by atoms with E-state index in [0.717, 1.165) is 11.3 Å². The molecule has 0 saturated heterocycles. The second kappa shape index (κ2) is 8.05. The zero-order valence-electron chi connectivity index (χ0n) is 12.4. The van der Waals surface area contributed by atoms with Gasteiger partial charge in [-0.15, -0.1) is 0 Å². The van der Waals surface area contributed by atoms with Crippen LogP contribution in [0.3, 0.4) is 0 Å². The molecular formula is C17H19NO4. The van der Waals surface area contributed by atoms with E-state index in [9.17, 15) is 4.79 Å². The molecule has 0 unspecified atom stereocenters. The number of hydrogen-bond donors (Lipinski definition) is 2. The van der Waals surface area contributed by atoms with Gasteiger partial charge in [-0.2, -0.15) is 0 Å². The fraction of sp³-hybridized carbons (Fsp3) is 0.235. The number of aliphatic hydroxyl groups is 1. The summed E-state index contributed by atoms with van der Waals surface area (Å²) < 4.78 is 10.8. The molecule has 0 fully saturated rings. The zero-order chi connectivity index (χ0) is 15.8. The van der Waals surface area contributed by atoms with Crippen LogP contribution >= 0.6 is 0 Å². The average Bonchev–Trinajstić information content (AvgIpc) is 2.58. The maximum absolute atomic E-state index is 11.7. The molecule has 0 spiro atoms. The van der Waals surface area contributed by atoms with E-state index in [2.05, 4.69) is 5.32 Å². The number of ether oxygens (including phenoxy) is 2. The summed E-state index contributed by atoms with van der Waals surface area (Å²) in [5, 5.41) is 11.3. The summed E-state index contributed by atoms with van der Waals surface area (Å²) in [5.41, 5.74) is 1.57. The third kappa shape index (κ3) is 4.49. The van der Waals surface area contributed by atoms with Crippen LogP contribution in [0.2, 0.25) is 0 Å². The van der Waals surface area contributed by atoms with E-state index in [-0.39, 0.29) is 19.1 Å². The molecular weight excluding hydrogens is 282 g/mol. The lowest BCUT2D eigenvalue weighted by molar-refractivity contribution is 0.0944. The van der Waals surface area contributed by atoms with Crippen molar-refractivity contribution in [3.05, 3.63) is 59.7 Å². The van der Waals surface area contributed by atoms with Crippen LogP contribution in [0.5, 0.6) is 11.5 Å². The van der Waals surface area contributed by atoms with E-state index in [1.54, 1.807) is 31.4 Å². The second-order valence-corrected chi connectivity index (χ2v) is 4.64. The molecule has 0 heterocycles. The molecule has 2 aromatic carbocycles. The molecule has 2 N–H and O–H groups in total. The van der Waals surface area contributed by atoms with Gasteiger partial charge in [-0.25, -0.2) is 0 Å². The van der Waals surface area contributed by atoms with Gasteiger partial charge in [-0.05, 0) is 42.0 Å². The van der Waals surface area contributed by atoms with Crippen LogP contribution in [-0.2, 0) is 6.61 Å². The van der Waals surface area contributed by atoms with E-state index >= 15 is 0 Å². The van der Waals surface area contributed by atoms with Crippen molar-refractivity contribution >= 4 is 5.91 Å². The van der Waals surface area contributed by atoms with Crippen molar-refractivity contribution in [1.82, 2.24) is 5.32 Å². The Balaban J connectivity index is 1.89. The zero-order valence-corrected chi connectivity index (χ0v) is 12.4. The molecule has 116 valence electrons. The number of rotatable bonds is 7. The van der Waals surface area contributed by atoms with Crippen LogP contribution in [-0.4, -0.2) is 31.3 Å². The maximum Gasteiger partial charge on any atom is 0.251 e. The largest absolute Gasteiger partial charge is 0.497 e. The Kier molecular flexibility index (Phi) is 5.80. The highest BCUT2D eigenvalue weighted by Gasteiger charge is 2.04. The summed E-state index contributed by atoms with van der Waals surface area (Å²) in [7, 11) is 1.63. The van der Waals surface area contributed by atoms with Gasteiger partial charge in [-0.3, -0.25) is 4.79 Å². The highest BCUT2D eigenvalue weighted by atomic mass is 16.5. The van der Waals surface area contributed by atoms with Crippen LogP contribution in [0.4, 0.5) is 0 Å². The third-order valence-electron chi connectivity index (χ3n) is 3.08. The standard InChI is InChI=1S/C17H19NO4/c1-21-15-6-2-13(3-7-15)12-22-16-8-4-14(5-9-16)17(20)18-10-11-19/h2-9,19H,10-12H2,1H3,(H,18,20). The van der Waals surface area contributed by atoms with E-state index in [4.69, 9.17) is 14.6 Å². The van der Waals surface area contributed by atoms with Crippen molar-refractivity contribution in [3.8, 4) is 11.5 Å². The lowest BCUT2D eigenvalue weighted by atomic mass is 10.2. The number of aliphatic hydroxyl groups excluding tert-OH is 1. The first-order valence-corrected chi connectivity index (χ1v) is 6.98. The molecule has 0 aliphatic rings. The predicted molar refractivity (Wildman–Crippen MR) is 83.2 cm³/mol. The van der Waals surface area contributed by atoms with Crippen molar-refractivity contribution in [2.75, 3.05) is 20.3 Å². The first-order chi connectivity index (χ1) is 10.7. The molecule has 0 saturated carbocycles. The summed E-state index contributed by atoms with van der Waals surface area (Å²) in [5.74, 6) is 1.28. The van der Waals surface area contributed by atoms with Gasteiger partial charge in [0.25, 0.3) is 5.91 Å². The molecule has 2 aromatic rings. The SMILES string of the molecule is COc1ccc(COc2ccc(C(=O)NCCO)cc2)cc1. The van der Waals surface area contributed by atoms with Crippen molar-refractivity contribution in [2.45, 2.75) is 6.61 Å². The van der Waals surface area contributed by atoms with Gasteiger partial charge in [0, 0.05) is 12.1 Å². The summed E-state index contributed by atoms with van der Waals surface area (Å²) in [6.45, 7) is 0.614. The number of nitrogens with one attached hydrogen (secondary N) is 1. The van der Waals surface area contributed by atoms with Crippen LogP contribution in [0.1, 0.15) is 15.9 Å². The van der Waals surface area contributed by atoms with Gasteiger partial charge in [0.15, 0.2) is 0 Å². The summed E-state index contributed by atoms with van der Waals surface area (Å²) in [6, 6.07) is 14.5. The molecule has 1 amide bonds. The Labute approximate surface area is 129 Å². The molecule has 0 aliphatic heterocycles. The summed E-state index contributed by atoms with van der Waals surface area (Å²) in [4.78, 5) is 11.7. The number of carbonyl (C=O) groups is 1. The second-order valence-electron chi connectivity index (χ2n) is 4.64. The van der Waals surface area contributed by atoms with E-state index in [1.807, 2.05) is 24.3 Å². The Morgan fingerprint density at radius 2 is 1.68 bits per heavy atom. The fourth-order valence-corrected chi connectivity index (χ4v) is 1.86. The highest BCUT2D eigenvalue weighted by Crippen LogP contribution is 2.16. The van der Waals surface area contributed by atoms with E-state index < -0.39 is 0 Å². The van der Waals surface area contributed by atoms with Gasteiger partial charge in [0.05, 0.1) is 13.7 Å². The van der Waals surface area contributed by atoms with Crippen LogP contribution in [0, 0.1) is 0 Å². The highest BCUT2D eigenvalue weighted by molar-refractivity contribution is 5.94. The van der Waals surface area contributed by atoms with Gasteiger partial charge >= 0.3 is 0 Å². The molecule has 0 radical (unpaired) electrons. The molecule has 5 nitrogen and oxygen atoms in total. The van der Waals surface area contributed by atoms with Crippen molar-refractivity contribution in [1.29, 1.82) is 0 Å². The molecule has 0 atom stereocenters.